The third-order valence-corrected chi connectivity index (χ3v) is 5.15. The van der Waals surface area contributed by atoms with Crippen molar-refractivity contribution in [3.8, 4) is 0 Å². The molecule has 3 rings (SSSR count). The van der Waals surface area contributed by atoms with Gasteiger partial charge < -0.3 is 15.0 Å². The number of nitrogens with one attached hydrogen (secondary N) is 1. The number of amides is 1. The molecule has 2 aliphatic rings. The van der Waals surface area contributed by atoms with Crippen LogP contribution in [0.4, 0.5) is 4.39 Å². The summed E-state index contributed by atoms with van der Waals surface area (Å²) >= 11 is 0. The second kappa shape index (κ2) is 7.62. The lowest BCUT2D eigenvalue weighted by Gasteiger charge is -2.41. The van der Waals surface area contributed by atoms with E-state index in [1.165, 1.54) is 6.07 Å². The van der Waals surface area contributed by atoms with Crippen molar-refractivity contribution in [3.63, 3.8) is 0 Å². The molecule has 0 aromatic heterocycles. The van der Waals surface area contributed by atoms with Crippen LogP contribution in [0.15, 0.2) is 24.3 Å². The van der Waals surface area contributed by atoms with Crippen molar-refractivity contribution in [1.29, 1.82) is 0 Å². The Morgan fingerprint density at radius 2 is 1.92 bits per heavy atom. The molecule has 1 atom stereocenters. The third kappa shape index (κ3) is 3.78. The molecule has 0 bridgehead atoms. The topological polar surface area (TPSA) is 41.6 Å². The zero-order chi connectivity index (χ0) is 17.1. The van der Waals surface area contributed by atoms with E-state index in [1.54, 1.807) is 6.07 Å². The first-order chi connectivity index (χ1) is 11.6. The Morgan fingerprint density at radius 1 is 1.25 bits per heavy atom. The number of carbonyl (C=O) groups excluding carboxylic acids is 1. The summed E-state index contributed by atoms with van der Waals surface area (Å²) in [4.78, 5) is 14.7. The van der Waals surface area contributed by atoms with E-state index in [4.69, 9.17) is 4.74 Å². The lowest BCUT2D eigenvalue weighted by molar-refractivity contribution is -0.139. The number of morpholine rings is 1. The van der Waals surface area contributed by atoms with Gasteiger partial charge in [0.2, 0.25) is 5.91 Å². The number of carbonyl (C=O) groups is 1. The summed E-state index contributed by atoms with van der Waals surface area (Å²) in [5.41, 5.74) is 0.802. The fourth-order valence-electron chi connectivity index (χ4n) is 3.60. The maximum Gasteiger partial charge on any atom is 0.240 e. The Kier molecular flexibility index (Phi) is 5.51. The van der Waals surface area contributed by atoms with E-state index >= 15 is 0 Å². The van der Waals surface area contributed by atoms with Crippen LogP contribution in [0.1, 0.15) is 38.2 Å². The molecule has 1 aromatic rings. The zero-order valence-electron chi connectivity index (χ0n) is 14.5. The van der Waals surface area contributed by atoms with Gasteiger partial charge in [-0.3, -0.25) is 4.79 Å². The highest BCUT2D eigenvalue weighted by molar-refractivity contribution is 5.82. The van der Waals surface area contributed by atoms with Crippen LogP contribution in [0.3, 0.4) is 0 Å². The van der Waals surface area contributed by atoms with Gasteiger partial charge in [0, 0.05) is 19.1 Å². The van der Waals surface area contributed by atoms with Crippen molar-refractivity contribution in [2.75, 3.05) is 26.3 Å². The minimum atomic E-state index is -0.172. The minimum absolute atomic E-state index is 0.120. The average Bonchev–Trinajstić information content (AvgIpc) is 2.55. The first-order valence-corrected chi connectivity index (χ1v) is 8.93. The van der Waals surface area contributed by atoms with Gasteiger partial charge in [-0.15, -0.1) is 0 Å². The molecule has 1 N–H and O–H groups in total. The van der Waals surface area contributed by atoms with E-state index < -0.39 is 0 Å². The molecule has 1 aliphatic carbocycles. The molecular weight excluding hydrogens is 307 g/mol. The van der Waals surface area contributed by atoms with Crippen LogP contribution < -0.4 is 5.32 Å². The Hall–Kier alpha value is -1.46. The molecule has 1 aromatic carbocycles. The number of hydrogen-bond acceptors (Lipinski definition) is 3. The largest absolute Gasteiger partial charge is 0.378 e. The van der Waals surface area contributed by atoms with Crippen molar-refractivity contribution >= 4 is 5.91 Å². The molecule has 4 nitrogen and oxygen atoms in total. The molecule has 5 heteroatoms. The van der Waals surface area contributed by atoms with Crippen LogP contribution in [0, 0.1) is 11.7 Å². The molecule has 24 heavy (non-hydrogen) atoms. The first-order valence-electron chi connectivity index (χ1n) is 8.93. The van der Waals surface area contributed by atoms with Gasteiger partial charge in [-0.25, -0.2) is 4.39 Å². The van der Waals surface area contributed by atoms with Gasteiger partial charge in [0.15, 0.2) is 0 Å². The maximum absolute atomic E-state index is 13.9. The summed E-state index contributed by atoms with van der Waals surface area (Å²) in [6, 6.07) is 7.12. The van der Waals surface area contributed by atoms with Gasteiger partial charge in [0.25, 0.3) is 0 Å². The quantitative estimate of drug-likeness (QED) is 0.900. The molecule has 0 unspecified atom stereocenters. The monoisotopic (exact) mass is 334 g/mol. The molecule has 1 heterocycles. The van der Waals surface area contributed by atoms with Gasteiger partial charge in [-0.05, 0) is 36.3 Å². The predicted molar refractivity (Wildman–Crippen MR) is 91.3 cm³/mol. The van der Waals surface area contributed by atoms with E-state index in [9.17, 15) is 9.18 Å². The summed E-state index contributed by atoms with van der Waals surface area (Å²) in [5, 5.41) is 3.51. The normalized spacial score (nSPS) is 25.4. The van der Waals surface area contributed by atoms with Crippen molar-refractivity contribution in [2.24, 2.45) is 5.92 Å². The summed E-state index contributed by atoms with van der Waals surface area (Å²) in [6.07, 6.45) is 1.78. The Labute approximate surface area is 143 Å². The van der Waals surface area contributed by atoms with Crippen LogP contribution in [0.2, 0.25) is 0 Å². The van der Waals surface area contributed by atoms with Crippen LogP contribution in [0.25, 0.3) is 0 Å². The average molecular weight is 334 g/mol. The van der Waals surface area contributed by atoms with Crippen LogP contribution >= 0.6 is 0 Å². The zero-order valence-corrected chi connectivity index (χ0v) is 14.5. The smallest absolute Gasteiger partial charge is 0.240 e. The minimum Gasteiger partial charge on any atom is -0.378 e. The molecule has 1 saturated heterocycles. The molecule has 2 fully saturated rings. The Morgan fingerprint density at radius 3 is 2.54 bits per heavy atom. The van der Waals surface area contributed by atoms with Crippen LogP contribution in [-0.2, 0) is 9.53 Å². The van der Waals surface area contributed by atoms with Gasteiger partial charge in [0.05, 0.1) is 19.3 Å². The molecular formula is C19H27FN2O2. The fraction of sp³-hybridized carbons (Fsp3) is 0.632. The van der Waals surface area contributed by atoms with Crippen LogP contribution in [-0.4, -0.2) is 49.2 Å². The number of nitrogens with zero attached hydrogens (tertiary/aromatic N) is 1. The van der Waals surface area contributed by atoms with Crippen molar-refractivity contribution in [2.45, 2.75) is 44.7 Å². The van der Waals surface area contributed by atoms with Crippen LogP contribution in [0.5, 0.6) is 0 Å². The number of halogens is 1. The molecule has 0 spiro atoms. The van der Waals surface area contributed by atoms with E-state index in [-0.39, 0.29) is 35.6 Å². The van der Waals surface area contributed by atoms with E-state index in [1.807, 2.05) is 17.0 Å². The van der Waals surface area contributed by atoms with E-state index in [0.29, 0.717) is 26.3 Å². The highest BCUT2D eigenvalue weighted by atomic mass is 19.1. The number of hydrogen-bond donors (Lipinski definition) is 1. The first kappa shape index (κ1) is 17.4. The SMILES string of the molecule is CC(C)[C@@H](NC1CC(c2ccccc2F)C1)C(=O)N1CCOCC1. The van der Waals surface area contributed by atoms with Gasteiger partial charge in [-0.1, -0.05) is 32.0 Å². The molecule has 1 amide bonds. The third-order valence-electron chi connectivity index (χ3n) is 5.15. The molecule has 1 aliphatic heterocycles. The standard InChI is InChI=1S/C19H27FN2O2/c1-13(2)18(19(23)22-7-9-24-10-8-22)21-15-11-14(12-15)16-5-3-4-6-17(16)20/h3-6,13-15,18,21H,7-12H2,1-2H3/t14?,15?,18-/m1/s1. The predicted octanol–water partition coefficient (Wildman–Crippen LogP) is 2.54. The number of rotatable bonds is 5. The Balaban J connectivity index is 1.56. The summed E-state index contributed by atoms with van der Waals surface area (Å²) in [6.45, 7) is 6.73. The molecule has 0 radical (unpaired) electrons. The summed E-state index contributed by atoms with van der Waals surface area (Å²) < 4.78 is 19.2. The number of benzene rings is 1. The lowest BCUT2D eigenvalue weighted by Crippen LogP contribution is -2.56. The van der Waals surface area contributed by atoms with Gasteiger partial charge >= 0.3 is 0 Å². The summed E-state index contributed by atoms with van der Waals surface area (Å²) in [7, 11) is 0. The lowest BCUT2D eigenvalue weighted by atomic mass is 9.75. The van der Waals surface area contributed by atoms with Gasteiger partial charge in [-0.2, -0.15) is 0 Å². The van der Waals surface area contributed by atoms with Crippen molar-refractivity contribution in [3.05, 3.63) is 35.6 Å². The highest BCUT2D eigenvalue weighted by Gasteiger charge is 2.36. The second-order valence-electron chi connectivity index (χ2n) is 7.21. The van der Waals surface area contributed by atoms with Gasteiger partial charge in [0.1, 0.15) is 5.82 Å². The van der Waals surface area contributed by atoms with E-state index in [2.05, 4.69) is 19.2 Å². The van der Waals surface area contributed by atoms with Crippen molar-refractivity contribution < 1.29 is 13.9 Å². The fourth-order valence-corrected chi connectivity index (χ4v) is 3.60. The van der Waals surface area contributed by atoms with Crippen molar-refractivity contribution in [1.82, 2.24) is 10.2 Å². The maximum atomic E-state index is 13.9. The molecule has 132 valence electrons. The highest BCUT2D eigenvalue weighted by Crippen LogP contribution is 2.38. The summed E-state index contributed by atoms with van der Waals surface area (Å²) in [5.74, 6) is 0.538. The molecule has 1 saturated carbocycles. The second-order valence-corrected chi connectivity index (χ2v) is 7.21. The number of ether oxygens (including phenoxy) is 1. The van der Waals surface area contributed by atoms with E-state index in [0.717, 1.165) is 18.4 Å². The Bertz CT molecular complexity index is 566.